The minimum absolute atomic E-state index is 0.0778. The molecule has 0 fully saturated rings. The zero-order chi connectivity index (χ0) is 21.8. The molecule has 3 aromatic rings. The second-order valence-electron chi connectivity index (χ2n) is 6.17. The van der Waals surface area contributed by atoms with Gasteiger partial charge in [0.2, 0.25) is 5.88 Å². The highest BCUT2D eigenvalue weighted by molar-refractivity contribution is 6.36. The van der Waals surface area contributed by atoms with Crippen LogP contribution in [0.1, 0.15) is 28.9 Å². The Morgan fingerprint density at radius 2 is 2.00 bits per heavy atom. The van der Waals surface area contributed by atoms with E-state index in [9.17, 15) is 9.18 Å². The lowest BCUT2D eigenvalue weighted by molar-refractivity contribution is 0.102. The van der Waals surface area contributed by atoms with Crippen LogP contribution in [-0.4, -0.2) is 23.0 Å². The number of ether oxygens (including phenoxy) is 2. The summed E-state index contributed by atoms with van der Waals surface area (Å²) in [6.07, 6.45) is 2.10. The van der Waals surface area contributed by atoms with Crippen molar-refractivity contribution in [3.05, 3.63) is 69.7 Å². The largest absolute Gasteiger partial charge is 0.482 e. The van der Waals surface area contributed by atoms with Crippen LogP contribution in [0.5, 0.6) is 11.6 Å². The van der Waals surface area contributed by atoms with E-state index in [1.165, 1.54) is 49.8 Å². The minimum Gasteiger partial charge on any atom is -0.482 e. The molecule has 2 heterocycles. The summed E-state index contributed by atoms with van der Waals surface area (Å²) in [7, 11) is 1.45. The van der Waals surface area contributed by atoms with Gasteiger partial charge in [0.15, 0.2) is 11.6 Å². The molecular weight excluding hydrogens is 434 g/mol. The van der Waals surface area contributed by atoms with E-state index in [0.29, 0.717) is 17.1 Å². The van der Waals surface area contributed by atoms with E-state index in [1.807, 2.05) is 0 Å². The van der Waals surface area contributed by atoms with Gasteiger partial charge in [0.1, 0.15) is 11.9 Å². The van der Waals surface area contributed by atoms with Gasteiger partial charge in [0, 0.05) is 34.5 Å². The first-order chi connectivity index (χ1) is 14.3. The average molecular weight is 451 g/mol. The number of rotatable bonds is 6. The summed E-state index contributed by atoms with van der Waals surface area (Å²) < 4.78 is 24.6. The van der Waals surface area contributed by atoms with Gasteiger partial charge < -0.3 is 20.5 Å². The number of nitrogens with two attached hydrogens (primary N) is 1. The number of aromatic nitrogens is 2. The summed E-state index contributed by atoms with van der Waals surface area (Å²) in [5, 5.41) is 2.80. The molecule has 0 aliphatic carbocycles. The molecule has 3 rings (SSSR count). The molecule has 1 atom stereocenters. The zero-order valence-corrected chi connectivity index (χ0v) is 17.5. The van der Waals surface area contributed by atoms with Gasteiger partial charge in [-0.25, -0.2) is 14.4 Å². The molecule has 0 saturated carbocycles. The molecule has 0 bridgehead atoms. The molecule has 0 aliphatic rings. The lowest BCUT2D eigenvalue weighted by atomic mass is 10.1. The number of hydrogen-bond donors (Lipinski definition) is 2. The molecule has 0 spiro atoms. The van der Waals surface area contributed by atoms with Crippen LogP contribution in [0.25, 0.3) is 0 Å². The summed E-state index contributed by atoms with van der Waals surface area (Å²) in [5.41, 5.74) is 6.84. The maximum atomic E-state index is 13.8. The molecule has 7 nitrogen and oxygen atoms in total. The van der Waals surface area contributed by atoms with Gasteiger partial charge in [-0.15, -0.1) is 0 Å². The van der Waals surface area contributed by atoms with Gasteiger partial charge in [-0.2, -0.15) is 0 Å². The predicted molar refractivity (Wildman–Crippen MR) is 113 cm³/mol. The van der Waals surface area contributed by atoms with Crippen molar-refractivity contribution in [2.45, 2.75) is 13.0 Å². The number of anilines is 2. The van der Waals surface area contributed by atoms with Crippen LogP contribution in [0.2, 0.25) is 10.0 Å². The number of carbonyl (C=O) groups is 1. The first-order valence-corrected chi connectivity index (χ1v) is 9.42. The summed E-state index contributed by atoms with van der Waals surface area (Å²) in [5.74, 6) is -0.471. The maximum absolute atomic E-state index is 13.8. The van der Waals surface area contributed by atoms with Crippen LogP contribution in [0.15, 0.2) is 42.7 Å². The lowest BCUT2D eigenvalue weighted by Crippen LogP contribution is -2.13. The van der Waals surface area contributed by atoms with Crippen molar-refractivity contribution < 1.29 is 18.7 Å². The lowest BCUT2D eigenvalue weighted by Gasteiger charge is -2.19. The Morgan fingerprint density at radius 1 is 1.23 bits per heavy atom. The van der Waals surface area contributed by atoms with E-state index < -0.39 is 17.8 Å². The maximum Gasteiger partial charge on any atom is 0.255 e. The third-order valence-corrected chi connectivity index (χ3v) is 4.85. The van der Waals surface area contributed by atoms with Gasteiger partial charge in [-0.1, -0.05) is 23.2 Å². The highest BCUT2D eigenvalue weighted by Crippen LogP contribution is 2.36. The first kappa shape index (κ1) is 21.6. The van der Waals surface area contributed by atoms with Crippen molar-refractivity contribution in [3.8, 4) is 11.6 Å². The van der Waals surface area contributed by atoms with E-state index >= 15 is 0 Å². The van der Waals surface area contributed by atoms with Gasteiger partial charge in [0.05, 0.1) is 24.0 Å². The van der Waals surface area contributed by atoms with Crippen LogP contribution in [0, 0.1) is 5.82 Å². The molecule has 0 radical (unpaired) electrons. The van der Waals surface area contributed by atoms with Gasteiger partial charge >= 0.3 is 0 Å². The van der Waals surface area contributed by atoms with Crippen molar-refractivity contribution in [1.82, 2.24) is 9.97 Å². The second kappa shape index (κ2) is 9.15. The molecule has 2 aromatic heterocycles. The monoisotopic (exact) mass is 450 g/mol. The Balaban J connectivity index is 1.82. The Morgan fingerprint density at radius 3 is 2.73 bits per heavy atom. The van der Waals surface area contributed by atoms with E-state index in [-0.39, 0.29) is 27.2 Å². The Bertz CT molecular complexity index is 1100. The van der Waals surface area contributed by atoms with Crippen molar-refractivity contribution in [2.24, 2.45) is 0 Å². The highest BCUT2D eigenvalue weighted by Gasteiger charge is 2.20. The average Bonchev–Trinajstić information content (AvgIpc) is 2.73. The number of hydrogen-bond acceptors (Lipinski definition) is 6. The smallest absolute Gasteiger partial charge is 0.255 e. The number of nitrogen functional groups attached to an aromatic ring is 1. The SMILES string of the molecule is COc1cc(C(=O)Nc2cnc(N)c(OC(C)c3c(Cl)ccc(F)c3Cl)c2)ccn1. The fourth-order valence-corrected chi connectivity index (χ4v) is 3.33. The van der Waals surface area contributed by atoms with Crippen LogP contribution in [0.3, 0.4) is 0 Å². The summed E-state index contributed by atoms with van der Waals surface area (Å²) in [6, 6.07) is 7.08. The molecular formula is C20H17Cl2FN4O3. The molecule has 1 unspecified atom stereocenters. The third kappa shape index (κ3) is 4.72. The third-order valence-electron chi connectivity index (χ3n) is 4.14. The standard InChI is InChI=1S/C20H17Cl2FN4O3/c1-10(17-13(21)3-4-14(23)18(17)22)30-15-8-12(9-26-19(15)24)27-20(28)11-5-6-25-16(7-11)29-2/h3-10H,1-2H3,(H2,24,26)(H,27,28). The predicted octanol–water partition coefficient (Wildman–Crippen LogP) is 4.91. The van der Waals surface area contributed by atoms with Crippen molar-refractivity contribution in [1.29, 1.82) is 0 Å². The molecule has 156 valence electrons. The second-order valence-corrected chi connectivity index (χ2v) is 6.95. The zero-order valence-electron chi connectivity index (χ0n) is 15.9. The number of amides is 1. The number of nitrogens with zero attached hydrogens (tertiary/aromatic N) is 2. The number of methoxy groups -OCH3 is 1. The molecule has 30 heavy (non-hydrogen) atoms. The van der Waals surface area contributed by atoms with Crippen LogP contribution < -0.4 is 20.5 Å². The van der Waals surface area contributed by atoms with Crippen LogP contribution >= 0.6 is 23.2 Å². The fraction of sp³-hybridized carbons (Fsp3) is 0.150. The van der Waals surface area contributed by atoms with Crippen molar-refractivity contribution in [2.75, 3.05) is 18.2 Å². The normalized spacial score (nSPS) is 11.6. The van der Waals surface area contributed by atoms with Crippen LogP contribution in [-0.2, 0) is 0 Å². The summed E-state index contributed by atoms with van der Waals surface area (Å²) in [6.45, 7) is 1.64. The Labute approximate surface area is 181 Å². The van der Waals surface area contributed by atoms with Crippen molar-refractivity contribution in [3.63, 3.8) is 0 Å². The van der Waals surface area contributed by atoms with Crippen molar-refractivity contribution >= 4 is 40.6 Å². The van der Waals surface area contributed by atoms with Gasteiger partial charge in [-0.3, -0.25) is 4.79 Å². The fourth-order valence-electron chi connectivity index (χ4n) is 2.65. The van der Waals surface area contributed by atoms with Gasteiger partial charge in [0.25, 0.3) is 5.91 Å². The molecule has 3 N–H and O–H groups in total. The van der Waals surface area contributed by atoms with Crippen LogP contribution in [0.4, 0.5) is 15.9 Å². The van der Waals surface area contributed by atoms with E-state index in [2.05, 4.69) is 15.3 Å². The van der Waals surface area contributed by atoms with E-state index in [1.54, 1.807) is 6.92 Å². The van der Waals surface area contributed by atoms with E-state index in [0.717, 1.165) is 0 Å². The molecule has 1 amide bonds. The Hall–Kier alpha value is -3.10. The number of nitrogens with one attached hydrogen (secondary N) is 1. The number of carbonyl (C=O) groups excluding carboxylic acids is 1. The molecule has 0 saturated heterocycles. The first-order valence-electron chi connectivity index (χ1n) is 8.67. The molecule has 1 aromatic carbocycles. The van der Waals surface area contributed by atoms with Gasteiger partial charge in [-0.05, 0) is 25.1 Å². The van der Waals surface area contributed by atoms with E-state index in [4.69, 9.17) is 38.4 Å². The topological polar surface area (TPSA) is 99.4 Å². The highest BCUT2D eigenvalue weighted by atomic mass is 35.5. The summed E-state index contributed by atoms with van der Waals surface area (Å²) in [4.78, 5) is 20.5. The number of pyridine rings is 2. The summed E-state index contributed by atoms with van der Waals surface area (Å²) >= 11 is 12.2. The number of benzene rings is 1. The number of halogens is 3. The minimum atomic E-state index is -0.736. The Kier molecular flexibility index (Phi) is 6.59. The molecule has 10 heteroatoms. The quantitative estimate of drug-likeness (QED) is 0.517. The molecule has 0 aliphatic heterocycles.